The highest BCUT2D eigenvalue weighted by Gasteiger charge is 2.35. The second-order valence-electron chi connectivity index (χ2n) is 4.51. The molecule has 0 unspecified atom stereocenters. The third-order valence-electron chi connectivity index (χ3n) is 3.54. The van der Waals surface area contributed by atoms with Gasteiger partial charge in [0.1, 0.15) is 0 Å². The monoisotopic (exact) mass is 249 g/mol. The van der Waals surface area contributed by atoms with E-state index in [1.54, 1.807) is 0 Å². The van der Waals surface area contributed by atoms with Crippen LogP contribution in [0.4, 0.5) is 0 Å². The third kappa shape index (κ3) is 1.80. The van der Waals surface area contributed by atoms with E-state index in [0.717, 1.165) is 23.6 Å². The van der Waals surface area contributed by atoms with Gasteiger partial charge in [-0.1, -0.05) is 6.07 Å². The SMILES string of the molecule is COC(=O)[C@H]1CNC[C@@H]1c1ccc2c(c1)OCO2. The van der Waals surface area contributed by atoms with Crippen molar-refractivity contribution in [3.8, 4) is 11.5 Å². The highest BCUT2D eigenvalue weighted by Crippen LogP contribution is 2.37. The lowest BCUT2D eigenvalue weighted by atomic mass is 9.89. The quantitative estimate of drug-likeness (QED) is 0.789. The summed E-state index contributed by atoms with van der Waals surface area (Å²) in [5.74, 6) is 1.35. The van der Waals surface area contributed by atoms with Gasteiger partial charge in [-0.15, -0.1) is 0 Å². The first-order chi connectivity index (χ1) is 8.79. The molecule has 18 heavy (non-hydrogen) atoms. The van der Waals surface area contributed by atoms with Crippen LogP contribution in [0.1, 0.15) is 11.5 Å². The number of esters is 1. The molecule has 1 aromatic carbocycles. The van der Waals surface area contributed by atoms with Gasteiger partial charge >= 0.3 is 5.97 Å². The molecule has 0 amide bonds. The summed E-state index contributed by atoms with van der Waals surface area (Å²) in [4.78, 5) is 11.7. The van der Waals surface area contributed by atoms with Crippen LogP contribution in [0.3, 0.4) is 0 Å². The molecule has 0 bridgehead atoms. The van der Waals surface area contributed by atoms with Gasteiger partial charge in [0.2, 0.25) is 6.79 Å². The first kappa shape index (κ1) is 11.3. The third-order valence-corrected chi connectivity index (χ3v) is 3.54. The maximum absolute atomic E-state index is 11.7. The molecule has 0 aromatic heterocycles. The van der Waals surface area contributed by atoms with E-state index in [1.165, 1.54) is 7.11 Å². The van der Waals surface area contributed by atoms with E-state index >= 15 is 0 Å². The minimum Gasteiger partial charge on any atom is -0.469 e. The van der Waals surface area contributed by atoms with Crippen molar-refractivity contribution in [2.24, 2.45) is 5.92 Å². The van der Waals surface area contributed by atoms with E-state index in [-0.39, 0.29) is 24.6 Å². The molecular formula is C13H15NO4. The molecule has 1 saturated heterocycles. The molecule has 0 spiro atoms. The second kappa shape index (κ2) is 4.49. The fourth-order valence-electron chi connectivity index (χ4n) is 2.57. The van der Waals surface area contributed by atoms with Crippen molar-refractivity contribution >= 4 is 5.97 Å². The van der Waals surface area contributed by atoms with E-state index in [0.29, 0.717) is 6.54 Å². The summed E-state index contributed by atoms with van der Waals surface area (Å²) in [6.07, 6.45) is 0. The molecular weight excluding hydrogens is 234 g/mol. The number of fused-ring (bicyclic) bond motifs is 1. The Labute approximate surface area is 105 Å². The van der Waals surface area contributed by atoms with Gasteiger partial charge in [0.25, 0.3) is 0 Å². The Morgan fingerprint density at radius 3 is 3.00 bits per heavy atom. The van der Waals surface area contributed by atoms with Crippen LogP contribution in [0, 0.1) is 5.92 Å². The fourth-order valence-corrected chi connectivity index (χ4v) is 2.57. The normalized spacial score (nSPS) is 25.2. The van der Waals surface area contributed by atoms with E-state index in [4.69, 9.17) is 14.2 Å². The molecule has 1 N–H and O–H groups in total. The number of carbonyl (C=O) groups is 1. The number of rotatable bonds is 2. The number of nitrogens with one attached hydrogen (secondary N) is 1. The maximum Gasteiger partial charge on any atom is 0.310 e. The Bertz CT molecular complexity index is 474. The first-order valence-corrected chi connectivity index (χ1v) is 5.97. The van der Waals surface area contributed by atoms with Gasteiger partial charge < -0.3 is 19.5 Å². The predicted octanol–water partition coefficient (Wildman–Crippen LogP) is 0.891. The summed E-state index contributed by atoms with van der Waals surface area (Å²) in [5, 5.41) is 3.23. The van der Waals surface area contributed by atoms with Crippen LogP contribution in [0.2, 0.25) is 0 Å². The Balaban J connectivity index is 1.87. The van der Waals surface area contributed by atoms with E-state index in [9.17, 15) is 4.79 Å². The zero-order valence-electron chi connectivity index (χ0n) is 10.1. The zero-order chi connectivity index (χ0) is 12.5. The molecule has 96 valence electrons. The first-order valence-electron chi connectivity index (χ1n) is 5.97. The van der Waals surface area contributed by atoms with Gasteiger partial charge in [-0.25, -0.2) is 0 Å². The average molecular weight is 249 g/mol. The lowest BCUT2D eigenvalue weighted by Crippen LogP contribution is -2.22. The number of methoxy groups -OCH3 is 1. The van der Waals surface area contributed by atoms with Gasteiger partial charge in [-0.05, 0) is 17.7 Å². The zero-order valence-corrected chi connectivity index (χ0v) is 10.1. The largest absolute Gasteiger partial charge is 0.469 e. The standard InChI is InChI=1S/C13H15NO4/c1-16-13(15)10-6-14-5-9(10)8-2-3-11-12(4-8)18-7-17-11/h2-4,9-10,14H,5-7H2,1H3/t9-,10+/m1/s1. The minimum absolute atomic E-state index is 0.129. The number of benzene rings is 1. The Morgan fingerprint density at radius 2 is 2.17 bits per heavy atom. The van der Waals surface area contributed by atoms with Gasteiger partial charge in [-0.2, -0.15) is 0 Å². The topological polar surface area (TPSA) is 56.8 Å². The van der Waals surface area contributed by atoms with Crippen molar-refractivity contribution in [2.45, 2.75) is 5.92 Å². The number of hydrogen-bond donors (Lipinski definition) is 1. The van der Waals surface area contributed by atoms with E-state index < -0.39 is 0 Å². The number of hydrogen-bond acceptors (Lipinski definition) is 5. The van der Waals surface area contributed by atoms with Gasteiger partial charge in [0, 0.05) is 19.0 Å². The second-order valence-corrected chi connectivity index (χ2v) is 4.51. The summed E-state index contributed by atoms with van der Waals surface area (Å²) in [6, 6.07) is 5.83. The summed E-state index contributed by atoms with van der Waals surface area (Å²) in [6.45, 7) is 1.70. The summed E-state index contributed by atoms with van der Waals surface area (Å²) in [5.41, 5.74) is 1.08. The summed E-state index contributed by atoms with van der Waals surface area (Å²) >= 11 is 0. The molecule has 5 heteroatoms. The van der Waals surface area contributed by atoms with Gasteiger partial charge in [-0.3, -0.25) is 4.79 Å². The Morgan fingerprint density at radius 1 is 1.33 bits per heavy atom. The molecule has 2 atom stereocenters. The average Bonchev–Trinajstić information content (AvgIpc) is 3.05. The minimum atomic E-state index is -0.164. The van der Waals surface area contributed by atoms with E-state index in [2.05, 4.69) is 5.32 Å². The molecule has 0 saturated carbocycles. The van der Waals surface area contributed by atoms with Crippen molar-refractivity contribution in [3.63, 3.8) is 0 Å². The molecule has 1 aromatic rings. The number of carbonyl (C=O) groups excluding carboxylic acids is 1. The molecule has 3 rings (SSSR count). The lowest BCUT2D eigenvalue weighted by molar-refractivity contribution is -0.145. The summed E-state index contributed by atoms with van der Waals surface area (Å²) < 4.78 is 15.5. The Kier molecular flexibility index (Phi) is 2.83. The van der Waals surface area contributed by atoms with Gasteiger partial charge in [0.05, 0.1) is 13.0 Å². The highest BCUT2D eigenvalue weighted by molar-refractivity contribution is 5.74. The van der Waals surface area contributed by atoms with Crippen LogP contribution in [-0.2, 0) is 9.53 Å². The van der Waals surface area contributed by atoms with Crippen LogP contribution < -0.4 is 14.8 Å². The maximum atomic E-state index is 11.7. The van der Waals surface area contributed by atoms with Crippen molar-refractivity contribution in [1.29, 1.82) is 0 Å². The molecule has 2 heterocycles. The Hall–Kier alpha value is -1.75. The lowest BCUT2D eigenvalue weighted by Gasteiger charge is -2.16. The van der Waals surface area contributed by atoms with Gasteiger partial charge in [0.15, 0.2) is 11.5 Å². The fraction of sp³-hybridized carbons (Fsp3) is 0.462. The summed E-state index contributed by atoms with van der Waals surface area (Å²) in [7, 11) is 1.43. The molecule has 0 aliphatic carbocycles. The molecule has 2 aliphatic heterocycles. The van der Waals surface area contributed by atoms with Crippen LogP contribution in [0.15, 0.2) is 18.2 Å². The molecule has 1 fully saturated rings. The van der Waals surface area contributed by atoms with Crippen molar-refractivity contribution in [1.82, 2.24) is 5.32 Å². The van der Waals surface area contributed by atoms with Crippen molar-refractivity contribution < 1.29 is 19.0 Å². The smallest absolute Gasteiger partial charge is 0.310 e. The van der Waals surface area contributed by atoms with Crippen LogP contribution in [-0.4, -0.2) is 33.0 Å². The van der Waals surface area contributed by atoms with Crippen LogP contribution >= 0.6 is 0 Å². The molecule has 2 aliphatic rings. The van der Waals surface area contributed by atoms with Crippen LogP contribution in [0.5, 0.6) is 11.5 Å². The number of ether oxygens (including phenoxy) is 3. The molecule has 5 nitrogen and oxygen atoms in total. The van der Waals surface area contributed by atoms with E-state index in [1.807, 2.05) is 18.2 Å². The molecule has 0 radical (unpaired) electrons. The highest BCUT2D eigenvalue weighted by atomic mass is 16.7. The predicted molar refractivity (Wildman–Crippen MR) is 63.7 cm³/mol. The van der Waals surface area contributed by atoms with Crippen molar-refractivity contribution in [3.05, 3.63) is 23.8 Å². The van der Waals surface area contributed by atoms with Crippen molar-refractivity contribution in [2.75, 3.05) is 27.0 Å². The van der Waals surface area contributed by atoms with Crippen LogP contribution in [0.25, 0.3) is 0 Å².